The van der Waals surface area contributed by atoms with Gasteiger partial charge in [-0.3, -0.25) is 0 Å². The highest BCUT2D eigenvalue weighted by atomic mass is 79.9. The molecule has 0 radical (unpaired) electrons. The number of hydrogen-bond donors (Lipinski definition) is 1. The lowest BCUT2D eigenvalue weighted by Crippen LogP contribution is -2.41. The fraction of sp³-hybridized carbons (Fsp3) is 0.818. The highest BCUT2D eigenvalue weighted by Gasteiger charge is 2.37. The van der Waals surface area contributed by atoms with Gasteiger partial charge in [0.25, 0.3) is 0 Å². The lowest BCUT2D eigenvalue weighted by atomic mass is 10.2. The van der Waals surface area contributed by atoms with E-state index in [1.54, 1.807) is 0 Å². The average molecular weight is 294 g/mol. The summed E-state index contributed by atoms with van der Waals surface area (Å²) in [5.74, 6) is 0. The normalized spacial score (nSPS) is 15.2. The molecule has 0 amide bonds. The maximum absolute atomic E-state index is 6.07. The molecule has 0 saturated carbocycles. The van der Waals surface area contributed by atoms with Gasteiger partial charge in [0.1, 0.15) is 0 Å². The molecule has 0 aliphatic heterocycles. The third-order valence-corrected chi connectivity index (χ3v) is 8.58. The molecule has 0 unspecified atom stereocenters. The van der Waals surface area contributed by atoms with Crippen LogP contribution in [0.15, 0.2) is 10.1 Å². The highest BCUT2D eigenvalue weighted by molar-refractivity contribution is 9.11. The van der Waals surface area contributed by atoms with Gasteiger partial charge in [0.2, 0.25) is 0 Å². The first-order chi connectivity index (χ1) is 6.62. The topological polar surface area (TPSA) is 35.2 Å². The average Bonchev–Trinajstić information content (AvgIpc) is 2.11. The Morgan fingerprint density at radius 1 is 1.33 bits per heavy atom. The molecule has 2 nitrogen and oxygen atoms in total. The van der Waals surface area contributed by atoms with Crippen molar-refractivity contribution in [1.82, 2.24) is 0 Å². The van der Waals surface area contributed by atoms with E-state index in [1.165, 1.54) is 5.57 Å². The summed E-state index contributed by atoms with van der Waals surface area (Å²) >= 11 is 3.45. The van der Waals surface area contributed by atoms with Crippen molar-refractivity contribution in [2.45, 2.75) is 45.8 Å². The SMILES string of the molecule is C/C(CO[Si](C)(C)C(C)(C)C)=C(/Br)CN. The number of nitrogens with two attached hydrogens (primary N) is 1. The van der Waals surface area contributed by atoms with E-state index in [0.717, 1.165) is 4.48 Å². The van der Waals surface area contributed by atoms with Crippen LogP contribution in [0.5, 0.6) is 0 Å². The molecule has 0 aliphatic carbocycles. The van der Waals surface area contributed by atoms with E-state index in [4.69, 9.17) is 10.2 Å². The third kappa shape index (κ3) is 4.81. The van der Waals surface area contributed by atoms with Gasteiger partial charge in [-0.2, -0.15) is 0 Å². The quantitative estimate of drug-likeness (QED) is 0.803. The van der Waals surface area contributed by atoms with Gasteiger partial charge >= 0.3 is 0 Å². The highest BCUT2D eigenvalue weighted by Crippen LogP contribution is 2.36. The number of rotatable bonds is 4. The second-order valence-corrected chi connectivity index (χ2v) is 11.2. The second kappa shape index (κ2) is 5.62. The predicted octanol–water partition coefficient (Wildman–Crippen LogP) is 3.64. The summed E-state index contributed by atoms with van der Waals surface area (Å²) in [6, 6.07) is 0. The third-order valence-electron chi connectivity index (χ3n) is 3.10. The van der Waals surface area contributed by atoms with Gasteiger partial charge in [0, 0.05) is 11.0 Å². The van der Waals surface area contributed by atoms with Crippen molar-refractivity contribution < 1.29 is 4.43 Å². The molecular formula is C11H24BrNOSi. The first-order valence-corrected chi connectivity index (χ1v) is 9.00. The smallest absolute Gasteiger partial charge is 0.192 e. The van der Waals surface area contributed by atoms with Gasteiger partial charge in [0.05, 0.1) is 6.61 Å². The van der Waals surface area contributed by atoms with E-state index >= 15 is 0 Å². The Kier molecular flexibility index (Phi) is 5.75. The van der Waals surface area contributed by atoms with Crippen LogP contribution in [0.1, 0.15) is 27.7 Å². The van der Waals surface area contributed by atoms with E-state index in [0.29, 0.717) is 13.2 Å². The van der Waals surface area contributed by atoms with Gasteiger partial charge < -0.3 is 10.2 Å². The fourth-order valence-corrected chi connectivity index (χ4v) is 1.88. The van der Waals surface area contributed by atoms with Gasteiger partial charge in [-0.15, -0.1) is 0 Å². The fourth-order valence-electron chi connectivity index (χ4n) is 0.758. The molecule has 0 bridgehead atoms. The van der Waals surface area contributed by atoms with Gasteiger partial charge in [-0.1, -0.05) is 36.7 Å². The van der Waals surface area contributed by atoms with E-state index in [-0.39, 0.29) is 5.04 Å². The Hall–Kier alpha value is 0.357. The van der Waals surface area contributed by atoms with Crippen molar-refractivity contribution in [3.05, 3.63) is 10.1 Å². The minimum absolute atomic E-state index is 0.266. The van der Waals surface area contributed by atoms with Crippen LogP contribution in [0.2, 0.25) is 18.1 Å². The van der Waals surface area contributed by atoms with Gasteiger partial charge in [-0.05, 0) is 30.6 Å². The zero-order valence-electron chi connectivity index (χ0n) is 10.8. The van der Waals surface area contributed by atoms with Crippen molar-refractivity contribution in [1.29, 1.82) is 0 Å². The molecule has 4 heteroatoms. The largest absolute Gasteiger partial charge is 0.413 e. The molecular weight excluding hydrogens is 270 g/mol. The predicted molar refractivity (Wildman–Crippen MR) is 73.8 cm³/mol. The summed E-state index contributed by atoms with van der Waals surface area (Å²) in [6.07, 6.45) is 0. The van der Waals surface area contributed by atoms with Crippen LogP contribution in [0.25, 0.3) is 0 Å². The van der Waals surface area contributed by atoms with Crippen molar-refractivity contribution in [3.63, 3.8) is 0 Å². The lowest BCUT2D eigenvalue weighted by Gasteiger charge is -2.36. The molecule has 90 valence electrons. The molecule has 0 aliphatic rings. The van der Waals surface area contributed by atoms with E-state index < -0.39 is 8.32 Å². The summed E-state index contributed by atoms with van der Waals surface area (Å²) in [4.78, 5) is 0. The minimum Gasteiger partial charge on any atom is -0.413 e. The molecule has 0 heterocycles. The maximum atomic E-state index is 6.07. The van der Waals surface area contributed by atoms with Crippen molar-refractivity contribution in [2.24, 2.45) is 5.73 Å². The summed E-state index contributed by atoms with van der Waals surface area (Å²) in [5, 5.41) is 0.266. The second-order valence-electron chi connectivity index (χ2n) is 5.44. The zero-order chi connectivity index (χ0) is 12.3. The first-order valence-electron chi connectivity index (χ1n) is 5.30. The molecule has 0 aromatic rings. The molecule has 0 rings (SSSR count). The first kappa shape index (κ1) is 15.4. The Bertz CT molecular complexity index is 243. The van der Waals surface area contributed by atoms with E-state index in [1.807, 2.05) is 0 Å². The van der Waals surface area contributed by atoms with Crippen LogP contribution < -0.4 is 5.73 Å². The molecule has 0 fully saturated rings. The Morgan fingerprint density at radius 2 is 1.80 bits per heavy atom. The van der Waals surface area contributed by atoms with Crippen LogP contribution >= 0.6 is 15.9 Å². The molecule has 0 atom stereocenters. The monoisotopic (exact) mass is 293 g/mol. The molecule has 15 heavy (non-hydrogen) atoms. The zero-order valence-corrected chi connectivity index (χ0v) is 13.4. The molecule has 0 aromatic carbocycles. The number of halogens is 1. The Labute approximate surface area is 104 Å². The van der Waals surface area contributed by atoms with Crippen molar-refractivity contribution in [2.75, 3.05) is 13.2 Å². The van der Waals surface area contributed by atoms with Crippen LogP contribution in [-0.2, 0) is 4.43 Å². The summed E-state index contributed by atoms with van der Waals surface area (Å²) in [7, 11) is -1.62. The summed E-state index contributed by atoms with van der Waals surface area (Å²) in [5.41, 5.74) is 6.75. The number of hydrogen-bond acceptors (Lipinski definition) is 2. The van der Waals surface area contributed by atoms with Gasteiger partial charge in [0.15, 0.2) is 8.32 Å². The Morgan fingerprint density at radius 3 is 2.13 bits per heavy atom. The van der Waals surface area contributed by atoms with Crippen LogP contribution in [-0.4, -0.2) is 21.5 Å². The van der Waals surface area contributed by atoms with Crippen LogP contribution in [0.4, 0.5) is 0 Å². The summed E-state index contributed by atoms with van der Waals surface area (Å²) < 4.78 is 7.13. The lowest BCUT2D eigenvalue weighted by molar-refractivity contribution is 0.318. The minimum atomic E-state index is -1.62. The van der Waals surface area contributed by atoms with Crippen LogP contribution in [0.3, 0.4) is 0 Å². The van der Waals surface area contributed by atoms with E-state index in [2.05, 4.69) is 56.7 Å². The molecule has 0 spiro atoms. The van der Waals surface area contributed by atoms with Crippen molar-refractivity contribution in [3.8, 4) is 0 Å². The Balaban J connectivity index is 4.41. The molecule has 0 saturated heterocycles. The van der Waals surface area contributed by atoms with Gasteiger partial charge in [-0.25, -0.2) is 0 Å². The maximum Gasteiger partial charge on any atom is 0.192 e. The molecule has 2 N–H and O–H groups in total. The molecule has 0 aromatic heterocycles. The summed E-state index contributed by atoms with van der Waals surface area (Å²) in [6.45, 7) is 14.6. The van der Waals surface area contributed by atoms with Crippen molar-refractivity contribution >= 4 is 24.2 Å². The van der Waals surface area contributed by atoms with Crippen LogP contribution in [0, 0.1) is 0 Å². The standard InChI is InChI=1S/C11H24BrNOSi/c1-9(10(12)7-13)8-14-15(5,6)11(2,3)4/h7-8,13H2,1-6H3/b10-9-. The van der Waals surface area contributed by atoms with E-state index in [9.17, 15) is 0 Å².